The highest BCUT2D eigenvalue weighted by molar-refractivity contribution is 6.30. The highest BCUT2D eigenvalue weighted by Crippen LogP contribution is 2.21. The fourth-order valence-electron chi connectivity index (χ4n) is 2.12. The molecular weight excluding hydrogens is 234 g/mol. The first-order valence-electron chi connectivity index (χ1n) is 5.85. The van der Waals surface area contributed by atoms with Gasteiger partial charge in [0, 0.05) is 36.9 Å². The van der Waals surface area contributed by atoms with Crippen LogP contribution < -0.4 is 4.90 Å². The summed E-state index contributed by atoms with van der Waals surface area (Å²) in [4.78, 5) is 4.52. The predicted octanol–water partition coefficient (Wildman–Crippen LogP) is 2.37. The largest absolute Gasteiger partial charge is 0.369 e. The molecule has 2 rings (SSSR count). The summed E-state index contributed by atoms with van der Waals surface area (Å²) in [5.74, 6) is 0. The highest BCUT2D eigenvalue weighted by Gasteiger charge is 2.20. The van der Waals surface area contributed by atoms with Crippen LogP contribution in [-0.4, -0.2) is 37.1 Å². The lowest BCUT2D eigenvalue weighted by Crippen LogP contribution is -2.49. The number of piperazine rings is 1. The SMILES string of the molecule is CC(C#N)N1CCN(c2cccc(Cl)c2)CC1. The molecule has 0 spiro atoms. The molecule has 0 aliphatic carbocycles. The number of nitrogens with zero attached hydrogens (tertiary/aromatic N) is 3. The van der Waals surface area contributed by atoms with Crippen molar-refractivity contribution in [2.24, 2.45) is 0 Å². The van der Waals surface area contributed by atoms with E-state index in [1.807, 2.05) is 25.1 Å². The van der Waals surface area contributed by atoms with Gasteiger partial charge in [-0.15, -0.1) is 0 Å². The van der Waals surface area contributed by atoms with Gasteiger partial charge in [-0.25, -0.2) is 0 Å². The molecular formula is C13H16ClN3. The summed E-state index contributed by atoms with van der Waals surface area (Å²) in [7, 11) is 0. The van der Waals surface area contributed by atoms with Crippen molar-refractivity contribution in [1.29, 1.82) is 5.26 Å². The third-order valence-corrected chi connectivity index (χ3v) is 3.46. The Morgan fingerprint density at radius 2 is 2.00 bits per heavy atom. The lowest BCUT2D eigenvalue weighted by Gasteiger charge is -2.37. The second-order valence-corrected chi connectivity index (χ2v) is 4.74. The molecule has 0 bridgehead atoms. The van der Waals surface area contributed by atoms with Crippen LogP contribution in [0.25, 0.3) is 0 Å². The number of rotatable bonds is 2. The quantitative estimate of drug-likeness (QED) is 0.806. The van der Waals surface area contributed by atoms with Crippen LogP contribution in [0.4, 0.5) is 5.69 Å². The van der Waals surface area contributed by atoms with Gasteiger partial charge in [0.1, 0.15) is 0 Å². The molecule has 3 nitrogen and oxygen atoms in total. The molecule has 1 atom stereocenters. The first-order chi connectivity index (χ1) is 8.20. The number of hydrogen-bond acceptors (Lipinski definition) is 3. The van der Waals surface area contributed by atoms with Crippen molar-refractivity contribution in [1.82, 2.24) is 4.90 Å². The molecule has 1 aromatic carbocycles. The fourth-order valence-corrected chi connectivity index (χ4v) is 2.31. The first-order valence-corrected chi connectivity index (χ1v) is 6.22. The van der Waals surface area contributed by atoms with Crippen LogP contribution in [0.3, 0.4) is 0 Å². The maximum atomic E-state index is 8.88. The lowest BCUT2D eigenvalue weighted by molar-refractivity contribution is 0.231. The zero-order chi connectivity index (χ0) is 12.3. The van der Waals surface area contributed by atoms with Crippen LogP contribution in [0.5, 0.6) is 0 Å². The molecule has 1 fully saturated rings. The van der Waals surface area contributed by atoms with Crippen LogP contribution >= 0.6 is 11.6 Å². The zero-order valence-electron chi connectivity index (χ0n) is 9.93. The summed E-state index contributed by atoms with van der Waals surface area (Å²) in [6.07, 6.45) is 0. The topological polar surface area (TPSA) is 30.3 Å². The highest BCUT2D eigenvalue weighted by atomic mass is 35.5. The van der Waals surface area contributed by atoms with Crippen molar-refractivity contribution in [2.45, 2.75) is 13.0 Å². The molecule has 0 radical (unpaired) electrons. The van der Waals surface area contributed by atoms with Gasteiger partial charge in [-0.1, -0.05) is 17.7 Å². The van der Waals surface area contributed by atoms with E-state index in [9.17, 15) is 0 Å². The van der Waals surface area contributed by atoms with Gasteiger partial charge >= 0.3 is 0 Å². The van der Waals surface area contributed by atoms with Crippen molar-refractivity contribution in [3.63, 3.8) is 0 Å². The van der Waals surface area contributed by atoms with E-state index in [0.717, 1.165) is 31.2 Å². The van der Waals surface area contributed by atoms with E-state index in [4.69, 9.17) is 16.9 Å². The molecule has 1 saturated heterocycles. The van der Waals surface area contributed by atoms with Crippen LogP contribution in [0.1, 0.15) is 6.92 Å². The number of halogens is 1. The van der Waals surface area contributed by atoms with Crippen molar-refractivity contribution in [3.05, 3.63) is 29.3 Å². The van der Waals surface area contributed by atoms with Crippen molar-refractivity contribution in [3.8, 4) is 6.07 Å². The van der Waals surface area contributed by atoms with E-state index in [2.05, 4.69) is 21.9 Å². The molecule has 1 aliphatic rings. The molecule has 4 heteroatoms. The number of hydrogen-bond donors (Lipinski definition) is 0. The average molecular weight is 250 g/mol. The standard InChI is InChI=1S/C13H16ClN3/c1-11(10-15)16-5-7-17(8-6-16)13-4-2-3-12(14)9-13/h2-4,9,11H,5-8H2,1H3. The monoisotopic (exact) mass is 249 g/mol. The third kappa shape index (κ3) is 2.91. The van der Waals surface area contributed by atoms with Crippen molar-refractivity contribution in [2.75, 3.05) is 31.1 Å². The predicted molar refractivity (Wildman–Crippen MR) is 70.3 cm³/mol. The van der Waals surface area contributed by atoms with E-state index >= 15 is 0 Å². The van der Waals surface area contributed by atoms with Gasteiger partial charge in [-0.05, 0) is 25.1 Å². The summed E-state index contributed by atoms with van der Waals surface area (Å²) in [6.45, 7) is 5.72. The van der Waals surface area contributed by atoms with Gasteiger partial charge in [0.15, 0.2) is 0 Å². The third-order valence-electron chi connectivity index (χ3n) is 3.22. The Kier molecular flexibility index (Phi) is 3.88. The van der Waals surface area contributed by atoms with E-state index in [-0.39, 0.29) is 6.04 Å². The zero-order valence-corrected chi connectivity index (χ0v) is 10.7. The molecule has 0 N–H and O–H groups in total. The van der Waals surface area contributed by atoms with Gasteiger partial charge in [0.25, 0.3) is 0 Å². The fraction of sp³-hybridized carbons (Fsp3) is 0.462. The summed E-state index contributed by atoms with van der Waals surface area (Å²) in [6, 6.07) is 10.2. The molecule has 90 valence electrons. The van der Waals surface area contributed by atoms with Gasteiger partial charge < -0.3 is 4.90 Å². The molecule has 1 unspecified atom stereocenters. The lowest BCUT2D eigenvalue weighted by atomic mass is 10.2. The van der Waals surface area contributed by atoms with Crippen LogP contribution in [-0.2, 0) is 0 Å². The maximum absolute atomic E-state index is 8.88. The number of nitriles is 1. The smallest absolute Gasteiger partial charge is 0.0950 e. The van der Waals surface area contributed by atoms with E-state index in [1.54, 1.807) is 0 Å². The van der Waals surface area contributed by atoms with Gasteiger partial charge in [-0.3, -0.25) is 4.90 Å². The Morgan fingerprint density at radius 3 is 2.59 bits per heavy atom. The normalized spacial score (nSPS) is 18.8. The van der Waals surface area contributed by atoms with E-state index < -0.39 is 0 Å². The van der Waals surface area contributed by atoms with Crippen LogP contribution in [0.15, 0.2) is 24.3 Å². The summed E-state index contributed by atoms with van der Waals surface area (Å²) < 4.78 is 0. The minimum absolute atomic E-state index is 0.0107. The second kappa shape index (κ2) is 5.39. The Balaban J connectivity index is 1.98. The Bertz CT molecular complexity index is 419. The van der Waals surface area contributed by atoms with Crippen LogP contribution in [0.2, 0.25) is 5.02 Å². The Labute approximate surface area is 107 Å². The molecule has 17 heavy (non-hydrogen) atoms. The van der Waals surface area contributed by atoms with Gasteiger partial charge in [-0.2, -0.15) is 5.26 Å². The summed E-state index contributed by atoms with van der Waals surface area (Å²) in [5, 5.41) is 9.66. The van der Waals surface area contributed by atoms with E-state index in [1.165, 1.54) is 5.69 Å². The van der Waals surface area contributed by atoms with Crippen molar-refractivity contribution >= 4 is 17.3 Å². The molecule has 1 heterocycles. The molecule has 0 amide bonds. The van der Waals surface area contributed by atoms with Crippen LogP contribution in [0, 0.1) is 11.3 Å². The molecule has 0 saturated carbocycles. The summed E-state index contributed by atoms with van der Waals surface area (Å²) >= 11 is 5.99. The van der Waals surface area contributed by atoms with Gasteiger partial charge in [0.2, 0.25) is 0 Å². The second-order valence-electron chi connectivity index (χ2n) is 4.31. The minimum atomic E-state index is 0.0107. The first kappa shape index (κ1) is 12.2. The molecule has 1 aromatic rings. The molecule has 0 aromatic heterocycles. The number of anilines is 1. The summed E-state index contributed by atoms with van der Waals surface area (Å²) in [5.41, 5.74) is 1.17. The van der Waals surface area contributed by atoms with Crippen molar-refractivity contribution < 1.29 is 0 Å². The minimum Gasteiger partial charge on any atom is -0.369 e. The van der Waals surface area contributed by atoms with Gasteiger partial charge in [0.05, 0.1) is 12.1 Å². The maximum Gasteiger partial charge on any atom is 0.0950 e. The van der Waals surface area contributed by atoms with E-state index in [0.29, 0.717) is 0 Å². The Hall–Kier alpha value is -1.24. The molecule has 1 aliphatic heterocycles. The average Bonchev–Trinajstić information content (AvgIpc) is 2.38. The Morgan fingerprint density at radius 1 is 1.29 bits per heavy atom. The number of benzene rings is 1.